The van der Waals surface area contributed by atoms with E-state index in [2.05, 4.69) is 32.4 Å². The predicted molar refractivity (Wildman–Crippen MR) is 140 cm³/mol. The molecule has 1 fully saturated rings. The van der Waals surface area contributed by atoms with Crippen molar-refractivity contribution in [3.05, 3.63) is 53.5 Å². The number of hydrogen-bond donors (Lipinski definition) is 3. The van der Waals surface area contributed by atoms with Gasteiger partial charge in [0.15, 0.2) is 5.75 Å². The molecule has 4 heterocycles. The average Bonchev–Trinajstić information content (AvgIpc) is 3.27. The van der Waals surface area contributed by atoms with Crippen LogP contribution in [-0.4, -0.2) is 59.5 Å². The Hall–Kier alpha value is -4.59. The van der Waals surface area contributed by atoms with Crippen LogP contribution in [-0.2, 0) is 11.2 Å². The summed E-state index contributed by atoms with van der Waals surface area (Å²) in [6, 6.07) is 6.03. The number of alkyl halides is 2. The van der Waals surface area contributed by atoms with Crippen LogP contribution in [0.4, 0.5) is 20.2 Å². The Morgan fingerprint density at radius 1 is 1.33 bits per heavy atom. The Labute approximate surface area is 223 Å². The second-order valence-corrected chi connectivity index (χ2v) is 9.09. The van der Waals surface area contributed by atoms with Crippen LogP contribution in [0.3, 0.4) is 0 Å². The third kappa shape index (κ3) is 4.97. The van der Waals surface area contributed by atoms with Gasteiger partial charge in [-0.3, -0.25) is 14.6 Å². The molecule has 2 aliphatic rings. The van der Waals surface area contributed by atoms with Crippen molar-refractivity contribution in [2.75, 3.05) is 32.1 Å². The number of fused-ring (bicyclic) bond motifs is 1. The van der Waals surface area contributed by atoms with Crippen molar-refractivity contribution in [3.63, 3.8) is 0 Å². The van der Waals surface area contributed by atoms with Crippen molar-refractivity contribution in [1.29, 1.82) is 0 Å². The number of nitrogens with zero attached hydrogens (tertiary/aromatic N) is 2. The second-order valence-electron chi connectivity index (χ2n) is 9.09. The van der Waals surface area contributed by atoms with Gasteiger partial charge in [0.25, 0.3) is 18.2 Å². The summed E-state index contributed by atoms with van der Waals surface area (Å²) in [5, 5.41) is 6.02. The van der Waals surface area contributed by atoms with E-state index in [0.717, 1.165) is 6.42 Å². The molecule has 0 aliphatic carbocycles. The van der Waals surface area contributed by atoms with E-state index in [1.165, 1.54) is 19.2 Å². The van der Waals surface area contributed by atoms with Crippen molar-refractivity contribution in [2.45, 2.75) is 32.2 Å². The van der Waals surface area contributed by atoms with Crippen LogP contribution < -0.4 is 20.1 Å². The van der Waals surface area contributed by atoms with Gasteiger partial charge in [-0.2, -0.15) is 0 Å². The molecule has 2 amide bonds. The second kappa shape index (κ2) is 11.0. The molecule has 3 N–H and O–H groups in total. The van der Waals surface area contributed by atoms with Crippen molar-refractivity contribution in [3.8, 4) is 34.6 Å². The lowest BCUT2D eigenvalue weighted by molar-refractivity contribution is -0.133. The van der Waals surface area contributed by atoms with Crippen LogP contribution in [0.25, 0.3) is 11.3 Å². The smallest absolute Gasteiger partial charge is 0.298 e. The molecular formula is C28H27F2N5O4. The summed E-state index contributed by atoms with van der Waals surface area (Å²) < 4.78 is 38.8. The number of carbonyl (C=O) groups excluding carboxylic acids is 2. The molecule has 2 aliphatic heterocycles. The third-order valence-electron chi connectivity index (χ3n) is 6.83. The molecule has 0 unspecified atom stereocenters. The first-order chi connectivity index (χ1) is 18.9. The Kier molecular flexibility index (Phi) is 7.36. The number of H-pyrrole nitrogens is 1. The summed E-state index contributed by atoms with van der Waals surface area (Å²) in [4.78, 5) is 34.4. The first-order valence-corrected chi connectivity index (χ1v) is 12.5. The zero-order valence-electron chi connectivity index (χ0n) is 21.4. The minimum absolute atomic E-state index is 0.0132. The molecular weight excluding hydrogens is 508 g/mol. The number of carbonyl (C=O) groups is 2. The van der Waals surface area contributed by atoms with Crippen molar-refractivity contribution in [2.24, 2.45) is 0 Å². The van der Waals surface area contributed by atoms with Gasteiger partial charge in [-0.1, -0.05) is 12.0 Å². The summed E-state index contributed by atoms with van der Waals surface area (Å²) >= 11 is 0. The fourth-order valence-corrected chi connectivity index (χ4v) is 4.84. The van der Waals surface area contributed by atoms with E-state index in [9.17, 15) is 18.4 Å². The van der Waals surface area contributed by atoms with Gasteiger partial charge < -0.3 is 30.0 Å². The highest BCUT2D eigenvalue weighted by Gasteiger charge is 2.33. The van der Waals surface area contributed by atoms with E-state index in [-0.39, 0.29) is 41.5 Å². The number of rotatable bonds is 8. The van der Waals surface area contributed by atoms with Gasteiger partial charge in [-0.15, -0.1) is 0 Å². The van der Waals surface area contributed by atoms with E-state index < -0.39 is 6.43 Å². The van der Waals surface area contributed by atoms with Gasteiger partial charge in [0.2, 0.25) is 0 Å². The molecule has 0 saturated carbocycles. The molecule has 11 heteroatoms. The number of benzene rings is 1. The molecule has 0 spiro atoms. The van der Waals surface area contributed by atoms with Gasteiger partial charge >= 0.3 is 0 Å². The lowest BCUT2D eigenvalue weighted by Gasteiger charge is -2.39. The molecule has 9 nitrogen and oxygen atoms in total. The Balaban J connectivity index is 1.52. The third-order valence-corrected chi connectivity index (χ3v) is 6.83. The predicted octanol–water partition coefficient (Wildman–Crippen LogP) is 4.06. The standard InChI is InChI=1S/C28H27F2N5O4/c1-3-5-22(36)35-13-10-16(35)15-39-21-14-31-11-8-17(21)24-25(23-19(33-24)9-12-32-28(23)37)34-20-7-4-6-18(27(29)30)26(20)38-2/h4,6-8,11,14,16,27,33-34H,9-10,12-13,15H2,1-2H3,(H,32,37)/t16-/m1/s1. The number of methoxy groups -OCH3 is 1. The van der Waals surface area contributed by atoms with E-state index in [1.54, 1.807) is 36.4 Å². The van der Waals surface area contributed by atoms with Gasteiger partial charge in [0.1, 0.15) is 12.4 Å². The molecule has 1 atom stereocenters. The zero-order valence-corrected chi connectivity index (χ0v) is 21.4. The van der Waals surface area contributed by atoms with Crippen molar-refractivity contribution < 1.29 is 27.8 Å². The number of hydrogen-bond acceptors (Lipinski definition) is 6. The Morgan fingerprint density at radius 2 is 2.18 bits per heavy atom. The van der Waals surface area contributed by atoms with Gasteiger partial charge in [0.05, 0.1) is 47.5 Å². The first kappa shape index (κ1) is 26.0. The number of amides is 2. The fourth-order valence-electron chi connectivity index (χ4n) is 4.84. The van der Waals surface area contributed by atoms with E-state index >= 15 is 0 Å². The summed E-state index contributed by atoms with van der Waals surface area (Å²) in [5.41, 5.74) is 2.67. The average molecular weight is 536 g/mol. The lowest BCUT2D eigenvalue weighted by atomic mass is 10.0. The van der Waals surface area contributed by atoms with Gasteiger partial charge in [-0.05, 0) is 37.5 Å². The number of likely N-dealkylation sites (tertiary alicyclic amines) is 1. The normalized spacial score (nSPS) is 16.0. The number of aromatic amines is 1. The minimum Gasteiger partial charge on any atom is -0.494 e. The van der Waals surface area contributed by atoms with Crippen molar-refractivity contribution >= 4 is 23.2 Å². The van der Waals surface area contributed by atoms with Gasteiger partial charge in [0, 0.05) is 37.0 Å². The van der Waals surface area contributed by atoms with Crippen LogP contribution in [0.15, 0.2) is 36.7 Å². The highest BCUT2D eigenvalue weighted by Crippen LogP contribution is 2.43. The highest BCUT2D eigenvalue weighted by molar-refractivity contribution is 6.06. The largest absolute Gasteiger partial charge is 0.494 e. The quantitative estimate of drug-likeness (QED) is 0.376. The molecule has 5 rings (SSSR count). The van der Waals surface area contributed by atoms with E-state index in [4.69, 9.17) is 9.47 Å². The number of pyridine rings is 1. The Morgan fingerprint density at radius 3 is 2.90 bits per heavy atom. The molecule has 2 aromatic heterocycles. The highest BCUT2D eigenvalue weighted by atomic mass is 19.3. The summed E-state index contributed by atoms with van der Waals surface area (Å²) in [6.45, 7) is 2.94. The number of halogens is 2. The molecule has 0 bridgehead atoms. The van der Waals surface area contributed by atoms with Crippen molar-refractivity contribution in [1.82, 2.24) is 20.2 Å². The Bertz CT molecular complexity index is 1480. The number of para-hydroxylation sites is 1. The molecule has 39 heavy (non-hydrogen) atoms. The molecule has 3 aromatic rings. The number of aromatic nitrogens is 2. The maximum Gasteiger partial charge on any atom is 0.298 e. The number of anilines is 2. The maximum atomic E-state index is 13.7. The van der Waals surface area contributed by atoms with Gasteiger partial charge in [-0.25, -0.2) is 8.78 Å². The molecule has 202 valence electrons. The van der Waals surface area contributed by atoms with Crippen LogP contribution >= 0.6 is 0 Å². The summed E-state index contributed by atoms with van der Waals surface area (Å²) in [7, 11) is 1.32. The van der Waals surface area contributed by atoms with Crippen LogP contribution in [0.5, 0.6) is 11.5 Å². The fraction of sp³-hybridized carbons (Fsp3) is 0.321. The monoisotopic (exact) mass is 535 g/mol. The zero-order chi connectivity index (χ0) is 27.5. The first-order valence-electron chi connectivity index (χ1n) is 12.5. The van der Waals surface area contributed by atoms with E-state index in [0.29, 0.717) is 53.5 Å². The number of nitrogens with one attached hydrogen (secondary N) is 3. The molecule has 1 aromatic carbocycles. The molecule has 0 radical (unpaired) electrons. The minimum atomic E-state index is -2.74. The van der Waals surface area contributed by atoms with Crippen LogP contribution in [0.1, 0.15) is 41.4 Å². The topological polar surface area (TPSA) is 109 Å². The summed E-state index contributed by atoms with van der Waals surface area (Å²) in [5.74, 6) is 5.08. The molecule has 1 saturated heterocycles. The summed E-state index contributed by atoms with van der Waals surface area (Å²) in [6.07, 6.45) is 1.76. The SMILES string of the molecule is CC#CC(=O)N1CC[C@@H]1COc1cnccc1-c1[nH]c2c(c1Nc1cccc(C(F)F)c1OC)C(=O)NCC2. The maximum absolute atomic E-state index is 13.7. The van der Waals surface area contributed by atoms with Crippen LogP contribution in [0.2, 0.25) is 0 Å². The number of ether oxygens (including phenoxy) is 2. The van der Waals surface area contributed by atoms with E-state index in [1.807, 2.05) is 0 Å². The van der Waals surface area contributed by atoms with Crippen LogP contribution in [0, 0.1) is 11.8 Å². The lowest BCUT2D eigenvalue weighted by Crippen LogP contribution is -2.53.